The van der Waals surface area contributed by atoms with Gasteiger partial charge in [0, 0.05) is 0 Å². The molecule has 0 unspecified atom stereocenters. The van der Waals surface area contributed by atoms with E-state index in [2.05, 4.69) is 60.7 Å². The predicted molar refractivity (Wildman–Crippen MR) is 98.8 cm³/mol. The Balaban J connectivity index is 1.87. The molecule has 2 rings (SSSR count). The van der Waals surface area contributed by atoms with Crippen molar-refractivity contribution in [1.29, 1.82) is 0 Å². The number of benzene rings is 2. The van der Waals surface area contributed by atoms with E-state index in [1.165, 1.54) is 54.1 Å². The monoisotopic (exact) mass is 420 g/mol. The molecule has 0 saturated carbocycles. The minimum absolute atomic E-state index is 0.470. The molecule has 0 N–H and O–H groups in total. The number of hydrogen-bond acceptors (Lipinski definition) is 0. The van der Waals surface area contributed by atoms with Crippen LogP contribution in [0.5, 0.6) is 0 Å². The van der Waals surface area contributed by atoms with Gasteiger partial charge in [-0.15, -0.1) is 0 Å². The fraction of sp³-hybridized carbons (Fsp3) is 0.400. The van der Waals surface area contributed by atoms with Crippen LogP contribution in [0.15, 0.2) is 60.7 Å². The molecular formula is C20H25ClSn. The van der Waals surface area contributed by atoms with Gasteiger partial charge in [-0.1, -0.05) is 0 Å². The third-order valence-corrected chi connectivity index (χ3v) is 6.98. The first-order valence-electron chi connectivity index (χ1n) is 8.35. The molecule has 116 valence electrons. The van der Waals surface area contributed by atoms with Crippen LogP contribution in [-0.2, 0) is 0 Å². The summed E-state index contributed by atoms with van der Waals surface area (Å²) in [6.07, 6.45) is 8.01. The fourth-order valence-corrected chi connectivity index (χ4v) is 4.96. The molecule has 0 aliphatic rings. The fourth-order valence-electron chi connectivity index (χ4n) is 2.97. The quantitative estimate of drug-likeness (QED) is 0.307. The Morgan fingerprint density at radius 3 is 1.73 bits per heavy atom. The van der Waals surface area contributed by atoms with E-state index in [-0.39, 0.29) is 0 Å². The van der Waals surface area contributed by atoms with E-state index in [0.717, 1.165) is 0 Å². The Labute approximate surface area is 149 Å². The third kappa shape index (κ3) is 6.34. The van der Waals surface area contributed by atoms with Crippen LogP contribution in [0.1, 0.15) is 55.6 Å². The average Bonchev–Trinajstić information content (AvgIpc) is 2.59. The molecule has 2 radical (unpaired) electrons. The number of unbranched alkanes of at least 4 members (excludes halogenated alkanes) is 4. The first kappa shape index (κ1) is 17.9. The molecule has 0 nitrogen and oxygen atoms in total. The molecule has 2 aromatic rings. The second-order valence-corrected chi connectivity index (χ2v) is 9.80. The van der Waals surface area contributed by atoms with Crippen molar-refractivity contribution < 1.29 is 0 Å². The van der Waals surface area contributed by atoms with E-state index in [0.29, 0.717) is 5.92 Å². The van der Waals surface area contributed by atoms with Crippen LogP contribution in [0.3, 0.4) is 0 Å². The summed E-state index contributed by atoms with van der Waals surface area (Å²) >= 11 is -0.470. The van der Waals surface area contributed by atoms with Crippen molar-refractivity contribution in [2.45, 2.75) is 48.9 Å². The Morgan fingerprint density at radius 1 is 0.682 bits per heavy atom. The van der Waals surface area contributed by atoms with Crippen molar-refractivity contribution in [3.63, 3.8) is 0 Å². The summed E-state index contributed by atoms with van der Waals surface area (Å²) in [5.74, 6) is 0.541. The van der Waals surface area contributed by atoms with Gasteiger partial charge in [0.05, 0.1) is 0 Å². The standard InChI is InChI=1S/C20H25.ClH.Sn/c1-2-3-4-5-12-17-20(18-13-8-6-9-14-18)19-15-10-7-11-16-19;;/h6-11,13-16,20H,1-5,12,17H2;1H;/q;;+1/p-1. The predicted octanol–water partition coefficient (Wildman–Crippen LogP) is 6.44. The zero-order valence-electron chi connectivity index (χ0n) is 13.2. The molecule has 0 aliphatic carbocycles. The number of halogens is 1. The second-order valence-electron chi connectivity index (χ2n) is 5.81. The van der Waals surface area contributed by atoms with Crippen molar-refractivity contribution in [3.05, 3.63) is 71.8 Å². The van der Waals surface area contributed by atoms with E-state index in [4.69, 9.17) is 8.92 Å². The molecule has 0 heterocycles. The summed E-state index contributed by atoms with van der Waals surface area (Å²) in [5.41, 5.74) is 2.89. The molecule has 0 aliphatic heterocycles. The van der Waals surface area contributed by atoms with Crippen molar-refractivity contribution in [1.82, 2.24) is 0 Å². The van der Waals surface area contributed by atoms with Crippen LogP contribution in [-0.4, -0.2) is 20.0 Å². The summed E-state index contributed by atoms with van der Waals surface area (Å²) in [6.45, 7) is 0. The van der Waals surface area contributed by atoms with Crippen LogP contribution in [0, 0.1) is 0 Å². The summed E-state index contributed by atoms with van der Waals surface area (Å²) in [5, 5.41) is 0. The second kappa shape index (κ2) is 11.1. The molecule has 0 spiro atoms. The molecule has 22 heavy (non-hydrogen) atoms. The molecule has 0 fully saturated rings. The van der Waals surface area contributed by atoms with Gasteiger partial charge in [0.2, 0.25) is 0 Å². The van der Waals surface area contributed by atoms with E-state index in [9.17, 15) is 0 Å². The van der Waals surface area contributed by atoms with Crippen molar-refractivity contribution >= 4 is 28.9 Å². The van der Waals surface area contributed by atoms with Gasteiger partial charge >= 0.3 is 150 Å². The molecular weight excluding hydrogens is 394 g/mol. The van der Waals surface area contributed by atoms with Crippen LogP contribution < -0.4 is 0 Å². The third-order valence-electron chi connectivity index (χ3n) is 4.17. The summed E-state index contributed by atoms with van der Waals surface area (Å²) in [6, 6.07) is 21.9. The number of hydrogen-bond donors (Lipinski definition) is 0. The molecule has 0 bridgehead atoms. The Hall–Kier alpha value is -0.471. The SMILES string of the molecule is [Cl][Sn][CH2]CCCCCCC(c1ccccc1)c1ccccc1. The van der Waals surface area contributed by atoms with Crippen LogP contribution in [0.2, 0.25) is 4.44 Å². The topological polar surface area (TPSA) is 0 Å². The van der Waals surface area contributed by atoms with Crippen molar-refractivity contribution in [3.8, 4) is 0 Å². The maximum absolute atomic E-state index is 5.89. The van der Waals surface area contributed by atoms with E-state index in [1.54, 1.807) is 0 Å². The molecule has 2 aromatic carbocycles. The zero-order valence-corrected chi connectivity index (χ0v) is 16.8. The van der Waals surface area contributed by atoms with Gasteiger partial charge in [-0.05, 0) is 0 Å². The van der Waals surface area contributed by atoms with Gasteiger partial charge in [-0.3, -0.25) is 0 Å². The molecule has 0 amide bonds. The van der Waals surface area contributed by atoms with Gasteiger partial charge in [-0.25, -0.2) is 0 Å². The molecule has 0 saturated heterocycles. The van der Waals surface area contributed by atoms with E-state index in [1.807, 2.05) is 0 Å². The van der Waals surface area contributed by atoms with Crippen molar-refractivity contribution in [2.75, 3.05) is 0 Å². The maximum atomic E-state index is 5.89. The molecule has 0 atom stereocenters. The Morgan fingerprint density at radius 2 is 1.18 bits per heavy atom. The van der Waals surface area contributed by atoms with E-state index < -0.39 is 20.0 Å². The normalized spacial score (nSPS) is 11.0. The Kier molecular flexibility index (Phi) is 9.04. The summed E-state index contributed by atoms with van der Waals surface area (Å²) < 4.78 is 1.33. The van der Waals surface area contributed by atoms with Crippen LogP contribution in [0.25, 0.3) is 0 Å². The van der Waals surface area contributed by atoms with Gasteiger partial charge in [-0.2, -0.15) is 0 Å². The Bertz CT molecular complexity index is 458. The van der Waals surface area contributed by atoms with Gasteiger partial charge in [0.25, 0.3) is 0 Å². The summed E-state index contributed by atoms with van der Waals surface area (Å²) in [4.78, 5) is 0. The van der Waals surface area contributed by atoms with Crippen LogP contribution >= 0.6 is 8.92 Å². The van der Waals surface area contributed by atoms with Gasteiger partial charge < -0.3 is 0 Å². The average molecular weight is 420 g/mol. The molecule has 2 heteroatoms. The van der Waals surface area contributed by atoms with Crippen molar-refractivity contribution in [2.24, 2.45) is 0 Å². The van der Waals surface area contributed by atoms with E-state index >= 15 is 0 Å². The molecule has 0 aromatic heterocycles. The minimum atomic E-state index is -0.470. The van der Waals surface area contributed by atoms with Crippen LogP contribution in [0.4, 0.5) is 0 Å². The zero-order chi connectivity index (χ0) is 15.5. The summed E-state index contributed by atoms with van der Waals surface area (Å²) in [7, 11) is 5.89. The first-order valence-corrected chi connectivity index (χ1v) is 14.0. The number of rotatable bonds is 10. The van der Waals surface area contributed by atoms with Gasteiger partial charge in [0.1, 0.15) is 0 Å². The first-order chi connectivity index (χ1) is 10.9. The van der Waals surface area contributed by atoms with Gasteiger partial charge in [0.15, 0.2) is 0 Å².